The Morgan fingerprint density at radius 3 is 2.56 bits per heavy atom. The molecular weight excluding hydrogens is 326 g/mol. The predicted octanol–water partition coefficient (Wildman–Crippen LogP) is 2.77. The Labute approximate surface area is 144 Å². The molecule has 0 aliphatic carbocycles. The normalized spacial score (nSPS) is 10.9. The van der Waals surface area contributed by atoms with Crippen molar-refractivity contribution in [3.63, 3.8) is 0 Å². The Balaban J connectivity index is 2.19. The molecule has 0 aliphatic rings. The molecule has 0 radical (unpaired) electrons. The van der Waals surface area contributed by atoms with Crippen LogP contribution in [-0.4, -0.2) is 30.8 Å². The minimum atomic E-state index is -0.489. The van der Waals surface area contributed by atoms with E-state index >= 15 is 0 Å². The smallest absolute Gasteiger partial charge is 0.275 e. The second-order valence-corrected chi connectivity index (χ2v) is 5.01. The molecule has 1 N–H and O–H groups in total. The van der Waals surface area contributed by atoms with E-state index < -0.39 is 10.8 Å². The third-order valence-electron chi connectivity index (χ3n) is 3.45. The number of hydrogen-bond acceptors (Lipinski definition) is 6. The summed E-state index contributed by atoms with van der Waals surface area (Å²) in [7, 11) is 2.96. The highest BCUT2D eigenvalue weighted by Crippen LogP contribution is 2.24. The summed E-state index contributed by atoms with van der Waals surface area (Å²) in [5, 5.41) is 14.8. The van der Waals surface area contributed by atoms with Gasteiger partial charge in [0, 0.05) is 23.8 Å². The molecule has 0 aromatic heterocycles. The lowest BCUT2D eigenvalue weighted by Gasteiger charge is -2.09. The zero-order valence-electron chi connectivity index (χ0n) is 14.0. The van der Waals surface area contributed by atoms with Gasteiger partial charge in [-0.15, -0.1) is 0 Å². The SMILES string of the molecule is COc1ccc(C(=O)N/N=C(/C)c2cccc([N+](=O)[O-])c2)c(OC)c1. The summed E-state index contributed by atoms with van der Waals surface area (Å²) in [6, 6.07) is 10.8. The van der Waals surface area contributed by atoms with Crippen LogP contribution < -0.4 is 14.9 Å². The van der Waals surface area contributed by atoms with E-state index in [1.54, 1.807) is 37.3 Å². The maximum absolute atomic E-state index is 12.3. The van der Waals surface area contributed by atoms with Crippen LogP contribution in [0.15, 0.2) is 47.6 Å². The van der Waals surface area contributed by atoms with E-state index in [1.807, 2.05) is 0 Å². The summed E-state index contributed by atoms with van der Waals surface area (Å²) in [6.45, 7) is 1.64. The van der Waals surface area contributed by atoms with Gasteiger partial charge in [-0.1, -0.05) is 12.1 Å². The molecule has 1 amide bonds. The van der Waals surface area contributed by atoms with E-state index in [0.29, 0.717) is 28.3 Å². The molecule has 0 bridgehead atoms. The molecule has 2 rings (SSSR count). The van der Waals surface area contributed by atoms with Gasteiger partial charge >= 0.3 is 0 Å². The fraction of sp³-hybridized carbons (Fsp3) is 0.176. The number of amides is 1. The molecule has 8 heteroatoms. The Kier molecular flexibility index (Phi) is 5.67. The van der Waals surface area contributed by atoms with E-state index in [0.717, 1.165) is 0 Å². The molecule has 8 nitrogen and oxygen atoms in total. The fourth-order valence-electron chi connectivity index (χ4n) is 2.09. The highest BCUT2D eigenvalue weighted by molar-refractivity contribution is 6.02. The Bertz CT molecular complexity index is 833. The molecule has 2 aromatic carbocycles. The van der Waals surface area contributed by atoms with Crippen LogP contribution in [0.5, 0.6) is 11.5 Å². The van der Waals surface area contributed by atoms with Crippen molar-refractivity contribution in [2.24, 2.45) is 5.10 Å². The number of ether oxygens (including phenoxy) is 2. The molecule has 0 saturated heterocycles. The predicted molar refractivity (Wildman–Crippen MR) is 92.3 cm³/mol. The molecule has 0 unspecified atom stereocenters. The van der Waals surface area contributed by atoms with Gasteiger partial charge in [-0.2, -0.15) is 5.10 Å². The highest BCUT2D eigenvalue weighted by atomic mass is 16.6. The molecule has 2 aromatic rings. The molecule has 0 fully saturated rings. The second kappa shape index (κ2) is 7.91. The van der Waals surface area contributed by atoms with Crippen molar-refractivity contribution >= 4 is 17.3 Å². The average molecular weight is 343 g/mol. The van der Waals surface area contributed by atoms with E-state index in [4.69, 9.17) is 9.47 Å². The van der Waals surface area contributed by atoms with Crippen LogP contribution in [0.4, 0.5) is 5.69 Å². The van der Waals surface area contributed by atoms with Crippen LogP contribution >= 0.6 is 0 Å². The van der Waals surface area contributed by atoms with Crippen molar-refractivity contribution in [3.8, 4) is 11.5 Å². The summed E-state index contributed by atoms with van der Waals surface area (Å²) in [5.74, 6) is 0.439. The lowest BCUT2D eigenvalue weighted by atomic mass is 10.1. The fourth-order valence-corrected chi connectivity index (χ4v) is 2.09. The molecular formula is C17H17N3O5. The molecule has 0 atom stereocenters. The minimum Gasteiger partial charge on any atom is -0.497 e. The Morgan fingerprint density at radius 2 is 1.92 bits per heavy atom. The first-order chi connectivity index (χ1) is 12.0. The van der Waals surface area contributed by atoms with E-state index in [2.05, 4.69) is 10.5 Å². The second-order valence-electron chi connectivity index (χ2n) is 5.01. The average Bonchev–Trinajstić information content (AvgIpc) is 2.65. The zero-order chi connectivity index (χ0) is 18.4. The number of nitro groups is 1. The first-order valence-corrected chi connectivity index (χ1v) is 7.27. The number of methoxy groups -OCH3 is 2. The van der Waals surface area contributed by atoms with Crippen molar-refractivity contribution < 1.29 is 19.2 Å². The zero-order valence-corrected chi connectivity index (χ0v) is 14.0. The number of nitrogens with zero attached hydrogens (tertiary/aromatic N) is 2. The quantitative estimate of drug-likeness (QED) is 0.493. The van der Waals surface area contributed by atoms with Crippen molar-refractivity contribution in [3.05, 3.63) is 63.7 Å². The summed E-state index contributed by atoms with van der Waals surface area (Å²) in [5.41, 5.74) is 3.63. The third-order valence-corrected chi connectivity index (χ3v) is 3.45. The van der Waals surface area contributed by atoms with Crippen LogP contribution in [0.25, 0.3) is 0 Å². The van der Waals surface area contributed by atoms with E-state index in [1.165, 1.54) is 26.4 Å². The summed E-state index contributed by atoms with van der Waals surface area (Å²) >= 11 is 0. The molecule has 0 saturated carbocycles. The number of hydrogen-bond donors (Lipinski definition) is 1. The van der Waals surface area contributed by atoms with E-state index in [-0.39, 0.29) is 5.69 Å². The van der Waals surface area contributed by atoms with Gasteiger partial charge in [0.25, 0.3) is 11.6 Å². The molecule has 0 spiro atoms. The lowest BCUT2D eigenvalue weighted by Crippen LogP contribution is -2.20. The van der Waals surface area contributed by atoms with Gasteiger partial charge in [-0.3, -0.25) is 14.9 Å². The number of non-ortho nitro benzene ring substituents is 1. The van der Waals surface area contributed by atoms with Gasteiger partial charge in [0.1, 0.15) is 11.5 Å². The van der Waals surface area contributed by atoms with Crippen molar-refractivity contribution in [2.75, 3.05) is 14.2 Å². The van der Waals surface area contributed by atoms with Crippen molar-refractivity contribution in [2.45, 2.75) is 6.92 Å². The van der Waals surface area contributed by atoms with Gasteiger partial charge in [0.05, 0.1) is 30.4 Å². The van der Waals surface area contributed by atoms with Crippen LogP contribution in [0.1, 0.15) is 22.8 Å². The number of carbonyl (C=O) groups is 1. The number of nitrogens with one attached hydrogen (secondary N) is 1. The summed E-state index contributed by atoms with van der Waals surface area (Å²) < 4.78 is 10.3. The standard InChI is InChI=1S/C17H17N3O5/c1-11(12-5-4-6-13(9-12)20(22)23)18-19-17(21)15-8-7-14(24-2)10-16(15)25-3/h4-10H,1-3H3,(H,19,21)/b18-11-. The number of rotatable bonds is 6. The van der Waals surface area contributed by atoms with Gasteiger partial charge < -0.3 is 9.47 Å². The number of benzene rings is 2. The number of nitro benzene ring substituents is 1. The third kappa shape index (κ3) is 4.31. The number of hydrazone groups is 1. The minimum absolute atomic E-state index is 0.0461. The summed E-state index contributed by atoms with van der Waals surface area (Å²) in [6.07, 6.45) is 0. The Hall–Kier alpha value is -3.42. The van der Waals surface area contributed by atoms with Gasteiger partial charge in [0.15, 0.2) is 0 Å². The maximum atomic E-state index is 12.3. The lowest BCUT2D eigenvalue weighted by molar-refractivity contribution is -0.384. The van der Waals surface area contributed by atoms with Crippen LogP contribution in [-0.2, 0) is 0 Å². The molecule has 0 heterocycles. The molecule has 0 aliphatic heterocycles. The monoisotopic (exact) mass is 343 g/mol. The molecule has 25 heavy (non-hydrogen) atoms. The topological polar surface area (TPSA) is 103 Å². The van der Waals surface area contributed by atoms with Crippen molar-refractivity contribution in [1.82, 2.24) is 5.43 Å². The first-order valence-electron chi connectivity index (χ1n) is 7.27. The van der Waals surface area contributed by atoms with Crippen LogP contribution in [0.2, 0.25) is 0 Å². The first kappa shape index (κ1) is 17.9. The molecule has 130 valence electrons. The largest absolute Gasteiger partial charge is 0.497 e. The van der Waals surface area contributed by atoms with Gasteiger partial charge in [-0.05, 0) is 19.1 Å². The van der Waals surface area contributed by atoms with Gasteiger partial charge in [0.2, 0.25) is 0 Å². The number of carbonyl (C=O) groups excluding carboxylic acids is 1. The van der Waals surface area contributed by atoms with Crippen LogP contribution in [0, 0.1) is 10.1 Å². The maximum Gasteiger partial charge on any atom is 0.275 e. The summed E-state index contributed by atoms with van der Waals surface area (Å²) in [4.78, 5) is 22.6. The highest BCUT2D eigenvalue weighted by Gasteiger charge is 2.13. The Morgan fingerprint density at radius 1 is 1.16 bits per heavy atom. The van der Waals surface area contributed by atoms with Crippen molar-refractivity contribution in [1.29, 1.82) is 0 Å². The van der Waals surface area contributed by atoms with E-state index in [9.17, 15) is 14.9 Å². The van der Waals surface area contributed by atoms with Gasteiger partial charge in [-0.25, -0.2) is 5.43 Å². The van der Waals surface area contributed by atoms with Crippen LogP contribution in [0.3, 0.4) is 0 Å².